The van der Waals surface area contributed by atoms with E-state index in [9.17, 15) is 9.18 Å². The highest BCUT2D eigenvalue weighted by molar-refractivity contribution is 6.30. The van der Waals surface area contributed by atoms with E-state index in [0.717, 1.165) is 18.4 Å². The van der Waals surface area contributed by atoms with E-state index in [2.05, 4.69) is 0 Å². The summed E-state index contributed by atoms with van der Waals surface area (Å²) in [5.41, 5.74) is 12.3. The van der Waals surface area contributed by atoms with Crippen molar-refractivity contribution >= 4 is 17.5 Å². The third kappa shape index (κ3) is 6.87. The van der Waals surface area contributed by atoms with Crippen LogP contribution in [0.5, 0.6) is 0 Å². The van der Waals surface area contributed by atoms with Crippen molar-refractivity contribution in [3.8, 4) is 0 Å². The van der Waals surface area contributed by atoms with E-state index in [1.54, 1.807) is 19.1 Å². The molecule has 0 aromatic heterocycles. The molecule has 4 N–H and O–H groups in total. The van der Waals surface area contributed by atoms with Gasteiger partial charge in [0, 0.05) is 12.5 Å². The van der Waals surface area contributed by atoms with Gasteiger partial charge in [0.15, 0.2) is 0 Å². The highest BCUT2D eigenvalue weighted by atomic mass is 35.5. The number of halogens is 2. The molecule has 0 radical (unpaired) electrons. The summed E-state index contributed by atoms with van der Waals surface area (Å²) in [5.74, 6) is -0.756. The molecule has 114 valence electrons. The largest absolute Gasteiger partial charge is 0.370 e. The molecule has 1 atom stereocenters. The summed E-state index contributed by atoms with van der Waals surface area (Å²) in [6.07, 6.45) is 2.48. The van der Waals surface area contributed by atoms with E-state index in [0.29, 0.717) is 12.0 Å². The average molecular weight is 303 g/mol. The molecule has 0 bridgehead atoms. The number of carbonyl (C=O) groups is 1. The monoisotopic (exact) mass is 302 g/mol. The second-order valence-corrected chi connectivity index (χ2v) is 4.94. The highest BCUT2D eigenvalue weighted by Gasteiger charge is 2.08. The molecule has 20 heavy (non-hydrogen) atoms. The Morgan fingerprint density at radius 3 is 2.50 bits per heavy atom. The number of amides is 1. The first-order valence-electron chi connectivity index (χ1n) is 6.88. The molecule has 3 nitrogen and oxygen atoms in total. The molecule has 5 heteroatoms. The minimum Gasteiger partial charge on any atom is -0.370 e. The van der Waals surface area contributed by atoms with Gasteiger partial charge in [0.1, 0.15) is 5.82 Å². The zero-order valence-electron chi connectivity index (χ0n) is 12.4. The van der Waals surface area contributed by atoms with Crippen LogP contribution in [-0.4, -0.2) is 11.9 Å². The number of rotatable bonds is 6. The summed E-state index contributed by atoms with van der Waals surface area (Å²) < 4.78 is 13.3. The molecule has 0 aliphatic carbocycles. The lowest BCUT2D eigenvalue weighted by Crippen LogP contribution is -2.27. The molecule has 0 aliphatic heterocycles. The van der Waals surface area contributed by atoms with Gasteiger partial charge >= 0.3 is 0 Å². The number of benzene rings is 1. The quantitative estimate of drug-likeness (QED) is 0.846. The van der Waals surface area contributed by atoms with Crippen molar-refractivity contribution in [3.05, 3.63) is 34.1 Å². The molecule has 1 rings (SSSR count). The summed E-state index contributed by atoms with van der Waals surface area (Å²) in [7, 11) is 0. The molecular weight excluding hydrogens is 279 g/mol. The number of hydrogen-bond acceptors (Lipinski definition) is 2. The maximum atomic E-state index is 13.3. The van der Waals surface area contributed by atoms with Crippen LogP contribution >= 0.6 is 11.6 Å². The number of carbonyl (C=O) groups excluding carboxylic acids is 1. The lowest BCUT2D eigenvalue weighted by molar-refractivity contribution is -0.118. The van der Waals surface area contributed by atoms with Gasteiger partial charge in [-0.2, -0.15) is 0 Å². The van der Waals surface area contributed by atoms with Gasteiger partial charge < -0.3 is 11.5 Å². The van der Waals surface area contributed by atoms with Gasteiger partial charge in [0.25, 0.3) is 0 Å². The van der Waals surface area contributed by atoms with Crippen LogP contribution in [-0.2, 0) is 11.2 Å². The van der Waals surface area contributed by atoms with Gasteiger partial charge in [-0.05, 0) is 43.4 Å². The van der Waals surface area contributed by atoms with Crippen molar-refractivity contribution in [1.29, 1.82) is 0 Å². The minimum absolute atomic E-state index is 0.145. The van der Waals surface area contributed by atoms with Crippen LogP contribution < -0.4 is 11.5 Å². The van der Waals surface area contributed by atoms with Crippen molar-refractivity contribution in [2.75, 3.05) is 0 Å². The molecule has 1 aromatic carbocycles. The molecule has 0 heterocycles. The van der Waals surface area contributed by atoms with Gasteiger partial charge in [0.05, 0.1) is 5.02 Å². The number of primary amides is 1. The normalized spacial score (nSPS) is 11.5. The second-order valence-electron chi connectivity index (χ2n) is 4.53. The molecule has 0 aliphatic rings. The Labute approximate surface area is 125 Å². The molecule has 0 saturated heterocycles. The predicted octanol–water partition coefficient (Wildman–Crippen LogP) is 3.34. The van der Waals surface area contributed by atoms with Crippen LogP contribution in [0.3, 0.4) is 0 Å². The van der Waals surface area contributed by atoms with E-state index in [1.165, 1.54) is 0 Å². The topological polar surface area (TPSA) is 69.1 Å². The zero-order chi connectivity index (χ0) is 15.7. The van der Waals surface area contributed by atoms with Crippen molar-refractivity contribution in [3.63, 3.8) is 0 Å². The van der Waals surface area contributed by atoms with Crippen LogP contribution in [0.2, 0.25) is 5.02 Å². The molecule has 0 spiro atoms. The Balaban J connectivity index is 0.00000172. The number of nitrogens with two attached hydrogens (primary N) is 2. The van der Waals surface area contributed by atoms with Crippen LogP contribution in [0.15, 0.2) is 12.1 Å². The van der Waals surface area contributed by atoms with Crippen molar-refractivity contribution in [2.24, 2.45) is 11.5 Å². The molecule has 1 aromatic rings. The third-order valence-electron chi connectivity index (χ3n) is 2.77. The molecule has 0 fully saturated rings. The molecular formula is C15H24ClFN2O. The fourth-order valence-corrected chi connectivity index (χ4v) is 2.16. The molecule has 1 unspecified atom stereocenters. The zero-order valence-corrected chi connectivity index (χ0v) is 13.1. The Kier molecular flexibility index (Phi) is 9.17. The van der Waals surface area contributed by atoms with E-state index in [-0.39, 0.29) is 29.2 Å². The van der Waals surface area contributed by atoms with Crippen LogP contribution in [0.25, 0.3) is 0 Å². The van der Waals surface area contributed by atoms with E-state index < -0.39 is 0 Å². The third-order valence-corrected chi connectivity index (χ3v) is 3.05. The average Bonchev–Trinajstić information content (AvgIpc) is 2.37. The number of hydrogen-bond donors (Lipinski definition) is 2. The summed E-state index contributed by atoms with van der Waals surface area (Å²) in [4.78, 5) is 10.7. The standard InChI is InChI=1S/C13H18ClFN2O.C2H6/c1-8-5-9(6-11(14)13(8)15)3-2-4-10(16)7-12(17)18;1-2/h5-6,10H,2-4,7,16H2,1H3,(H2,17,18);1-2H3. The summed E-state index contributed by atoms with van der Waals surface area (Å²) in [5, 5.41) is 0.145. The minimum atomic E-state index is -0.386. The first kappa shape index (κ1) is 18.9. The summed E-state index contributed by atoms with van der Waals surface area (Å²) in [6.45, 7) is 5.68. The summed E-state index contributed by atoms with van der Waals surface area (Å²) >= 11 is 5.77. The van der Waals surface area contributed by atoms with Gasteiger partial charge in [-0.15, -0.1) is 0 Å². The molecule has 1 amide bonds. The smallest absolute Gasteiger partial charge is 0.218 e. The fraction of sp³-hybridized carbons (Fsp3) is 0.533. The lowest BCUT2D eigenvalue weighted by atomic mass is 10.0. The van der Waals surface area contributed by atoms with E-state index >= 15 is 0 Å². The van der Waals surface area contributed by atoms with Gasteiger partial charge in [0.2, 0.25) is 5.91 Å². The first-order valence-corrected chi connectivity index (χ1v) is 7.26. The second kappa shape index (κ2) is 9.72. The van der Waals surface area contributed by atoms with Crippen LogP contribution in [0.4, 0.5) is 4.39 Å². The van der Waals surface area contributed by atoms with E-state index in [4.69, 9.17) is 23.1 Å². The predicted molar refractivity (Wildman–Crippen MR) is 82.2 cm³/mol. The maximum absolute atomic E-state index is 13.3. The van der Waals surface area contributed by atoms with Crippen molar-refractivity contribution < 1.29 is 9.18 Å². The van der Waals surface area contributed by atoms with Crippen molar-refractivity contribution in [2.45, 2.75) is 52.5 Å². The SMILES string of the molecule is CC.Cc1cc(CCCC(N)CC(N)=O)cc(Cl)c1F. The number of aryl methyl sites for hydroxylation is 2. The van der Waals surface area contributed by atoms with Crippen LogP contribution in [0, 0.1) is 12.7 Å². The van der Waals surface area contributed by atoms with Gasteiger partial charge in [-0.25, -0.2) is 4.39 Å². The Morgan fingerprint density at radius 1 is 1.40 bits per heavy atom. The highest BCUT2D eigenvalue weighted by Crippen LogP contribution is 2.21. The summed E-state index contributed by atoms with van der Waals surface area (Å²) in [6, 6.07) is 3.20. The lowest BCUT2D eigenvalue weighted by Gasteiger charge is -2.10. The van der Waals surface area contributed by atoms with Gasteiger partial charge in [-0.3, -0.25) is 4.79 Å². The maximum Gasteiger partial charge on any atom is 0.218 e. The Morgan fingerprint density at radius 2 is 2.00 bits per heavy atom. The van der Waals surface area contributed by atoms with Crippen LogP contribution in [0.1, 0.15) is 44.2 Å². The van der Waals surface area contributed by atoms with Gasteiger partial charge in [-0.1, -0.05) is 31.5 Å². The van der Waals surface area contributed by atoms with Crippen molar-refractivity contribution in [1.82, 2.24) is 0 Å². The molecule has 0 saturated carbocycles. The Bertz CT molecular complexity index is 415. The Hall–Kier alpha value is -1.13. The first-order chi connectivity index (χ1) is 9.40. The van der Waals surface area contributed by atoms with E-state index in [1.807, 2.05) is 13.8 Å². The fourth-order valence-electron chi connectivity index (χ4n) is 1.87.